The molecule has 19 heavy (non-hydrogen) atoms. The Bertz CT molecular complexity index is 448. The first kappa shape index (κ1) is 15.2. The van der Waals surface area contributed by atoms with Gasteiger partial charge in [-0.05, 0) is 37.3 Å². The predicted molar refractivity (Wildman–Crippen MR) is 74.3 cm³/mol. The molecule has 0 heterocycles. The number of carboxylic acids is 1. The van der Waals surface area contributed by atoms with Crippen molar-refractivity contribution >= 4 is 11.9 Å². The summed E-state index contributed by atoms with van der Waals surface area (Å²) < 4.78 is 0. The van der Waals surface area contributed by atoms with Gasteiger partial charge in [-0.3, -0.25) is 9.59 Å². The molecule has 104 valence electrons. The molecular weight excluding hydrogens is 242 g/mol. The van der Waals surface area contributed by atoms with E-state index in [2.05, 4.69) is 5.32 Å². The number of hydrogen-bond acceptors (Lipinski definition) is 2. The number of amides is 1. The zero-order valence-corrected chi connectivity index (χ0v) is 11.7. The number of rotatable bonds is 6. The van der Waals surface area contributed by atoms with E-state index in [0.717, 1.165) is 11.1 Å². The molecule has 0 fully saturated rings. The van der Waals surface area contributed by atoms with Crippen LogP contribution in [0.3, 0.4) is 0 Å². The van der Waals surface area contributed by atoms with E-state index in [9.17, 15) is 9.59 Å². The summed E-state index contributed by atoms with van der Waals surface area (Å²) in [5, 5.41) is 11.5. The number of nitrogens with one attached hydrogen (secondary N) is 1. The molecule has 1 rings (SSSR count). The molecule has 0 aliphatic heterocycles. The lowest BCUT2D eigenvalue weighted by atomic mass is 10.0. The zero-order chi connectivity index (χ0) is 14.4. The molecule has 1 unspecified atom stereocenters. The molecular formula is C15H21NO3. The van der Waals surface area contributed by atoms with Crippen LogP contribution in [0.2, 0.25) is 0 Å². The minimum absolute atomic E-state index is 0.0854. The lowest BCUT2D eigenvalue weighted by Gasteiger charge is -2.14. The molecule has 0 spiro atoms. The SMILES string of the molecule is Cc1cccc(C)c1C(=O)NCC(C)CCC(=O)O. The third-order valence-electron chi connectivity index (χ3n) is 3.17. The monoisotopic (exact) mass is 263 g/mol. The van der Waals surface area contributed by atoms with Gasteiger partial charge in [0.1, 0.15) is 0 Å². The largest absolute Gasteiger partial charge is 0.481 e. The Morgan fingerprint density at radius 1 is 1.26 bits per heavy atom. The van der Waals surface area contributed by atoms with Gasteiger partial charge in [-0.1, -0.05) is 25.1 Å². The normalized spacial score (nSPS) is 11.9. The molecule has 4 nitrogen and oxygen atoms in total. The summed E-state index contributed by atoms with van der Waals surface area (Å²) in [6, 6.07) is 5.75. The summed E-state index contributed by atoms with van der Waals surface area (Å²) in [5.74, 6) is -0.727. The van der Waals surface area contributed by atoms with Gasteiger partial charge in [0.15, 0.2) is 0 Å². The maximum atomic E-state index is 12.1. The molecule has 1 aromatic rings. The Hall–Kier alpha value is -1.84. The van der Waals surface area contributed by atoms with Gasteiger partial charge in [0.25, 0.3) is 5.91 Å². The van der Waals surface area contributed by atoms with Crippen molar-refractivity contribution in [3.05, 3.63) is 34.9 Å². The molecule has 0 bridgehead atoms. The second kappa shape index (κ2) is 6.92. The summed E-state index contributed by atoms with van der Waals surface area (Å²) in [6.45, 7) is 6.26. The number of aryl methyl sites for hydroxylation is 2. The summed E-state index contributed by atoms with van der Waals surface area (Å²) in [5.41, 5.74) is 2.62. The lowest BCUT2D eigenvalue weighted by Crippen LogP contribution is -2.29. The van der Waals surface area contributed by atoms with Gasteiger partial charge >= 0.3 is 5.97 Å². The number of aliphatic carboxylic acids is 1. The maximum Gasteiger partial charge on any atom is 0.303 e. The molecule has 0 aliphatic rings. The van der Waals surface area contributed by atoms with Crippen LogP contribution in [0.15, 0.2) is 18.2 Å². The smallest absolute Gasteiger partial charge is 0.303 e. The van der Waals surface area contributed by atoms with Crippen molar-refractivity contribution in [3.8, 4) is 0 Å². The molecule has 1 aromatic carbocycles. The minimum Gasteiger partial charge on any atom is -0.481 e. The van der Waals surface area contributed by atoms with E-state index in [1.165, 1.54) is 0 Å². The predicted octanol–water partition coefficient (Wildman–Crippen LogP) is 2.53. The third-order valence-corrected chi connectivity index (χ3v) is 3.17. The fourth-order valence-electron chi connectivity index (χ4n) is 2.00. The van der Waals surface area contributed by atoms with E-state index in [0.29, 0.717) is 18.5 Å². The Labute approximate surface area is 113 Å². The van der Waals surface area contributed by atoms with Crippen molar-refractivity contribution in [1.29, 1.82) is 0 Å². The fourth-order valence-corrected chi connectivity index (χ4v) is 2.00. The highest BCUT2D eigenvalue weighted by Crippen LogP contribution is 2.13. The van der Waals surface area contributed by atoms with Crippen molar-refractivity contribution < 1.29 is 14.7 Å². The van der Waals surface area contributed by atoms with Crippen molar-refractivity contribution in [3.63, 3.8) is 0 Å². The van der Waals surface area contributed by atoms with E-state index >= 15 is 0 Å². The Morgan fingerprint density at radius 3 is 2.37 bits per heavy atom. The number of carbonyl (C=O) groups is 2. The Kier molecular flexibility index (Phi) is 5.55. The molecule has 2 N–H and O–H groups in total. The average molecular weight is 263 g/mol. The van der Waals surface area contributed by atoms with Crippen LogP contribution in [-0.2, 0) is 4.79 Å². The first-order valence-electron chi connectivity index (χ1n) is 6.48. The van der Waals surface area contributed by atoms with Gasteiger partial charge < -0.3 is 10.4 Å². The maximum absolute atomic E-state index is 12.1. The Morgan fingerprint density at radius 2 is 1.84 bits per heavy atom. The molecule has 0 saturated carbocycles. The first-order chi connectivity index (χ1) is 8.91. The number of carboxylic acid groups (broad SMARTS) is 1. The molecule has 0 aromatic heterocycles. The average Bonchev–Trinajstić information content (AvgIpc) is 2.33. The summed E-state index contributed by atoms with van der Waals surface area (Å²) in [6.07, 6.45) is 0.711. The standard InChI is InChI=1S/C15H21NO3/c1-10(7-8-13(17)18)9-16-15(19)14-11(2)5-4-6-12(14)3/h4-6,10H,7-9H2,1-3H3,(H,16,19)(H,17,18). The van der Waals surface area contributed by atoms with Gasteiger partial charge in [0.05, 0.1) is 0 Å². The molecule has 1 atom stereocenters. The second-order valence-corrected chi connectivity index (χ2v) is 5.01. The molecule has 1 amide bonds. The quantitative estimate of drug-likeness (QED) is 0.828. The van der Waals surface area contributed by atoms with E-state index in [4.69, 9.17) is 5.11 Å². The highest BCUT2D eigenvalue weighted by atomic mass is 16.4. The van der Waals surface area contributed by atoms with Crippen LogP contribution in [0.25, 0.3) is 0 Å². The van der Waals surface area contributed by atoms with Crippen molar-refractivity contribution in [1.82, 2.24) is 5.32 Å². The highest BCUT2D eigenvalue weighted by Gasteiger charge is 2.13. The van der Waals surface area contributed by atoms with Crippen LogP contribution < -0.4 is 5.32 Å². The summed E-state index contributed by atoms with van der Waals surface area (Å²) >= 11 is 0. The third kappa shape index (κ3) is 4.73. The van der Waals surface area contributed by atoms with Crippen LogP contribution in [0.5, 0.6) is 0 Å². The second-order valence-electron chi connectivity index (χ2n) is 5.01. The minimum atomic E-state index is -0.798. The molecule has 0 saturated heterocycles. The van der Waals surface area contributed by atoms with E-state index in [-0.39, 0.29) is 18.2 Å². The lowest BCUT2D eigenvalue weighted by molar-refractivity contribution is -0.137. The molecule has 0 aliphatic carbocycles. The van der Waals surface area contributed by atoms with E-state index in [1.54, 1.807) is 0 Å². The van der Waals surface area contributed by atoms with Gasteiger partial charge in [-0.2, -0.15) is 0 Å². The summed E-state index contributed by atoms with van der Waals surface area (Å²) in [7, 11) is 0. The number of hydrogen-bond donors (Lipinski definition) is 2. The summed E-state index contributed by atoms with van der Waals surface area (Å²) in [4.78, 5) is 22.6. The molecule has 0 radical (unpaired) electrons. The van der Waals surface area contributed by atoms with Crippen LogP contribution in [0, 0.1) is 19.8 Å². The zero-order valence-electron chi connectivity index (χ0n) is 11.7. The van der Waals surface area contributed by atoms with Gasteiger partial charge in [-0.15, -0.1) is 0 Å². The number of benzene rings is 1. The van der Waals surface area contributed by atoms with E-state index < -0.39 is 5.97 Å². The van der Waals surface area contributed by atoms with Gasteiger partial charge in [-0.25, -0.2) is 0 Å². The fraction of sp³-hybridized carbons (Fsp3) is 0.467. The van der Waals surface area contributed by atoms with Crippen LogP contribution in [0.1, 0.15) is 41.3 Å². The van der Waals surface area contributed by atoms with Crippen molar-refractivity contribution in [2.45, 2.75) is 33.6 Å². The molecule has 4 heteroatoms. The van der Waals surface area contributed by atoms with Gasteiger partial charge in [0, 0.05) is 18.5 Å². The van der Waals surface area contributed by atoms with Crippen LogP contribution >= 0.6 is 0 Å². The van der Waals surface area contributed by atoms with Gasteiger partial charge in [0.2, 0.25) is 0 Å². The van der Waals surface area contributed by atoms with Crippen LogP contribution in [0.4, 0.5) is 0 Å². The van der Waals surface area contributed by atoms with Crippen LogP contribution in [-0.4, -0.2) is 23.5 Å². The number of carbonyl (C=O) groups excluding carboxylic acids is 1. The first-order valence-corrected chi connectivity index (χ1v) is 6.48. The van der Waals surface area contributed by atoms with Crippen molar-refractivity contribution in [2.24, 2.45) is 5.92 Å². The highest BCUT2D eigenvalue weighted by molar-refractivity contribution is 5.97. The topological polar surface area (TPSA) is 66.4 Å². The Balaban J connectivity index is 2.54. The van der Waals surface area contributed by atoms with E-state index in [1.807, 2.05) is 39.0 Å². The van der Waals surface area contributed by atoms with Crippen molar-refractivity contribution in [2.75, 3.05) is 6.54 Å².